The molecule has 0 bridgehead atoms. The van der Waals surface area contributed by atoms with Gasteiger partial charge in [0.2, 0.25) is 11.3 Å². The van der Waals surface area contributed by atoms with E-state index in [0.717, 1.165) is 11.1 Å². The molecular formula is C26H22FN3O3. The minimum absolute atomic E-state index is 0.0979. The van der Waals surface area contributed by atoms with E-state index in [-0.39, 0.29) is 34.5 Å². The zero-order chi connectivity index (χ0) is 23.7. The number of ketones is 1. The van der Waals surface area contributed by atoms with Gasteiger partial charge < -0.3 is 9.88 Å². The second-order valence-corrected chi connectivity index (χ2v) is 8.05. The Labute approximate surface area is 189 Å². The van der Waals surface area contributed by atoms with Crippen LogP contribution in [0.15, 0.2) is 65.8 Å². The number of benzene rings is 2. The van der Waals surface area contributed by atoms with Crippen molar-refractivity contribution < 1.29 is 14.0 Å². The Morgan fingerprint density at radius 2 is 1.73 bits per heavy atom. The Balaban J connectivity index is 1.81. The lowest BCUT2D eigenvalue weighted by Gasteiger charge is -2.15. The average Bonchev–Trinajstić information content (AvgIpc) is 2.79. The molecule has 1 N–H and O–H groups in total. The fourth-order valence-electron chi connectivity index (χ4n) is 3.69. The van der Waals surface area contributed by atoms with E-state index in [1.807, 2.05) is 32.0 Å². The Morgan fingerprint density at radius 3 is 2.45 bits per heavy atom. The first-order chi connectivity index (χ1) is 15.7. The monoisotopic (exact) mass is 443 g/mol. The zero-order valence-corrected chi connectivity index (χ0v) is 18.5. The van der Waals surface area contributed by atoms with Crippen molar-refractivity contribution in [3.8, 4) is 0 Å². The summed E-state index contributed by atoms with van der Waals surface area (Å²) in [5, 5.41) is 3.03. The number of anilines is 1. The molecule has 33 heavy (non-hydrogen) atoms. The highest BCUT2D eigenvalue weighted by molar-refractivity contribution is 6.10. The van der Waals surface area contributed by atoms with Gasteiger partial charge in [0.25, 0.3) is 0 Å². The van der Waals surface area contributed by atoms with Gasteiger partial charge in [-0.15, -0.1) is 0 Å². The normalized spacial score (nSPS) is 10.9. The van der Waals surface area contributed by atoms with Gasteiger partial charge in [-0.1, -0.05) is 12.1 Å². The molecule has 0 saturated heterocycles. The lowest BCUT2D eigenvalue weighted by atomic mass is 10.0. The first-order valence-corrected chi connectivity index (χ1v) is 10.4. The van der Waals surface area contributed by atoms with Crippen LogP contribution in [0.5, 0.6) is 0 Å². The largest absolute Gasteiger partial charge is 0.337 e. The first kappa shape index (κ1) is 22.1. The average molecular weight is 443 g/mol. The summed E-state index contributed by atoms with van der Waals surface area (Å²) in [6, 6.07) is 11.4. The van der Waals surface area contributed by atoms with E-state index in [0.29, 0.717) is 11.3 Å². The number of aryl methyl sites for hydroxylation is 3. The van der Waals surface area contributed by atoms with Crippen LogP contribution in [0.4, 0.5) is 10.1 Å². The van der Waals surface area contributed by atoms with Crippen LogP contribution in [0.2, 0.25) is 0 Å². The predicted molar refractivity (Wildman–Crippen MR) is 125 cm³/mol. The van der Waals surface area contributed by atoms with Crippen molar-refractivity contribution >= 4 is 28.3 Å². The molecule has 4 aromatic rings. The molecule has 166 valence electrons. The number of carbonyl (C=O) groups is 2. The Morgan fingerprint density at radius 1 is 1.00 bits per heavy atom. The fraction of sp³-hybridized carbons (Fsp3) is 0.154. The van der Waals surface area contributed by atoms with E-state index in [9.17, 15) is 18.8 Å². The predicted octanol–water partition coefficient (Wildman–Crippen LogP) is 4.33. The first-order valence-electron chi connectivity index (χ1n) is 10.4. The topological polar surface area (TPSA) is 81.1 Å². The summed E-state index contributed by atoms with van der Waals surface area (Å²) < 4.78 is 15.8. The van der Waals surface area contributed by atoms with E-state index in [2.05, 4.69) is 10.3 Å². The maximum Gasteiger partial charge on any atom is 0.244 e. The van der Waals surface area contributed by atoms with Gasteiger partial charge in [0.1, 0.15) is 12.4 Å². The molecule has 4 rings (SSSR count). The smallest absolute Gasteiger partial charge is 0.244 e. The summed E-state index contributed by atoms with van der Waals surface area (Å²) in [5.74, 6) is -1.36. The minimum Gasteiger partial charge on any atom is -0.337 e. The lowest BCUT2D eigenvalue weighted by molar-refractivity contribution is -0.116. The molecule has 0 unspecified atom stereocenters. The van der Waals surface area contributed by atoms with Crippen LogP contribution in [-0.4, -0.2) is 21.2 Å². The maximum atomic E-state index is 14.4. The highest BCUT2D eigenvalue weighted by atomic mass is 19.1. The van der Waals surface area contributed by atoms with Crippen LogP contribution in [-0.2, 0) is 11.3 Å². The molecule has 0 aliphatic carbocycles. The summed E-state index contributed by atoms with van der Waals surface area (Å²) in [5.41, 5.74) is 2.76. The summed E-state index contributed by atoms with van der Waals surface area (Å²) in [4.78, 5) is 43.0. The van der Waals surface area contributed by atoms with Crippen molar-refractivity contribution in [2.75, 3.05) is 5.32 Å². The highest BCUT2D eigenvalue weighted by Crippen LogP contribution is 2.20. The molecule has 0 spiro atoms. The number of halogens is 1. The Hall–Kier alpha value is -4.13. The van der Waals surface area contributed by atoms with Gasteiger partial charge in [0, 0.05) is 35.2 Å². The van der Waals surface area contributed by atoms with Crippen LogP contribution in [0.3, 0.4) is 0 Å². The van der Waals surface area contributed by atoms with Gasteiger partial charge in [0.05, 0.1) is 11.1 Å². The van der Waals surface area contributed by atoms with Crippen molar-refractivity contribution in [3.63, 3.8) is 0 Å². The number of pyridine rings is 2. The Bertz CT molecular complexity index is 1460. The molecule has 1 amide bonds. The van der Waals surface area contributed by atoms with Crippen molar-refractivity contribution in [2.45, 2.75) is 27.3 Å². The standard InChI is InChI=1S/C26H22FN3O3/c1-15-4-5-16(2)22(10-15)29-24(31)14-30-13-20(25(32)18-6-8-28-9-7-18)26(33)19-11-17(3)21(27)12-23(19)30/h4-13H,14H2,1-3H3,(H,29,31). The van der Waals surface area contributed by atoms with Gasteiger partial charge in [-0.25, -0.2) is 4.39 Å². The van der Waals surface area contributed by atoms with Crippen LogP contribution in [0.1, 0.15) is 32.6 Å². The number of amides is 1. The number of fused-ring (bicyclic) bond motifs is 1. The molecule has 0 saturated carbocycles. The summed E-state index contributed by atoms with van der Waals surface area (Å²) in [6.07, 6.45) is 4.25. The zero-order valence-electron chi connectivity index (χ0n) is 18.5. The third kappa shape index (κ3) is 4.43. The van der Waals surface area contributed by atoms with E-state index in [4.69, 9.17) is 0 Å². The second kappa shape index (κ2) is 8.78. The van der Waals surface area contributed by atoms with E-state index < -0.39 is 17.0 Å². The Kier molecular flexibility index (Phi) is 5.87. The van der Waals surface area contributed by atoms with Crippen molar-refractivity contribution in [2.24, 2.45) is 0 Å². The third-order valence-corrected chi connectivity index (χ3v) is 5.53. The van der Waals surface area contributed by atoms with Crippen molar-refractivity contribution in [1.29, 1.82) is 0 Å². The summed E-state index contributed by atoms with van der Waals surface area (Å²) >= 11 is 0. The van der Waals surface area contributed by atoms with E-state index in [1.165, 1.54) is 47.4 Å². The van der Waals surface area contributed by atoms with E-state index in [1.54, 1.807) is 6.92 Å². The summed E-state index contributed by atoms with van der Waals surface area (Å²) in [6.45, 7) is 5.15. The van der Waals surface area contributed by atoms with Crippen LogP contribution >= 0.6 is 0 Å². The molecule has 2 aromatic heterocycles. The van der Waals surface area contributed by atoms with Crippen molar-refractivity contribution in [1.82, 2.24) is 9.55 Å². The lowest BCUT2D eigenvalue weighted by Crippen LogP contribution is -2.24. The molecule has 0 aliphatic heterocycles. The van der Waals surface area contributed by atoms with Crippen molar-refractivity contribution in [3.05, 3.63) is 105 Å². The maximum absolute atomic E-state index is 14.4. The number of nitrogens with zero attached hydrogens (tertiary/aromatic N) is 2. The van der Waals surface area contributed by atoms with Gasteiger partial charge >= 0.3 is 0 Å². The van der Waals surface area contributed by atoms with Gasteiger partial charge in [-0.3, -0.25) is 19.4 Å². The molecule has 2 aromatic carbocycles. The second-order valence-electron chi connectivity index (χ2n) is 8.05. The van der Waals surface area contributed by atoms with Gasteiger partial charge in [-0.05, 0) is 67.8 Å². The van der Waals surface area contributed by atoms with Crippen LogP contribution in [0.25, 0.3) is 10.9 Å². The van der Waals surface area contributed by atoms with Gasteiger partial charge in [0.15, 0.2) is 5.78 Å². The molecule has 0 atom stereocenters. The fourth-order valence-corrected chi connectivity index (χ4v) is 3.69. The molecule has 0 aliphatic rings. The number of rotatable bonds is 5. The number of nitrogens with one attached hydrogen (secondary N) is 1. The molecule has 7 heteroatoms. The molecule has 0 radical (unpaired) electrons. The molecular weight excluding hydrogens is 421 g/mol. The van der Waals surface area contributed by atoms with Crippen LogP contribution in [0, 0.1) is 26.6 Å². The number of hydrogen-bond acceptors (Lipinski definition) is 4. The van der Waals surface area contributed by atoms with Crippen LogP contribution < -0.4 is 10.7 Å². The number of aromatic nitrogens is 2. The molecule has 6 nitrogen and oxygen atoms in total. The third-order valence-electron chi connectivity index (χ3n) is 5.53. The quantitative estimate of drug-likeness (QED) is 0.466. The number of hydrogen-bond donors (Lipinski definition) is 1. The SMILES string of the molecule is Cc1ccc(C)c(NC(=O)Cn2cc(C(=O)c3ccncc3)c(=O)c3cc(C)c(F)cc32)c1. The molecule has 0 fully saturated rings. The molecule has 2 heterocycles. The minimum atomic E-state index is -0.513. The highest BCUT2D eigenvalue weighted by Gasteiger charge is 2.19. The van der Waals surface area contributed by atoms with Gasteiger partial charge in [-0.2, -0.15) is 0 Å². The van der Waals surface area contributed by atoms with E-state index >= 15 is 0 Å². The summed E-state index contributed by atoms with van der Waals surface area (Å²) in [7, 11) is 0. The number of carbonyl (C=O) groups excluding carboxylic acids is 2.